The third kappa shape index (κ3) is 2.98. The van der Waals surface area contributed by atoms with Crippen molar-refractivity contribution in [3.63, 3.8) is 0 Å². The quantitative estimate of drug-likeness (QED) is 0.930. The first-order valence-electron chi connectivity index (χ1n) is 7.73. The average Bonchev–Trinajstić information content (AvgIpc) is 3.11. The molecule has 4 nitrogen and oxygen atoms in total. The minimum atomic E-state index is -0.839. The molecule has 1 saturated carbocycles. The fourth-order valence-electron chi connectivity index (χ4n) is 3.85. The number of carbonyl (C=O) groups is 2. The Morgan fingerprint density at radius 2 is 2.14 bits per heavy atom. The lowest BCUT2D eigenvalue weighted by atomic mass is 9.84. The van der Waals surface area contributed by atoms with Gasteiger partial charge in [0.05, 0.1) is 0 Å². The molecule has 2 aliphatic rings. The van der Waals surface area contributed by atoms with E-state index in [-0.39, 0.29) is 11.9 Å². The Morgan fingerprint density at radius 3 is 2.86 bits per heavy atom. The molecule has 21 heavy (non-hydrogen) atoms. The molecule has 114 valence electrons. The molecule has 0 bridgehead atoms. The summed E-state index contributed by atoms with van der Waals surface area (Å²) in [5.41, 5.74) is 0. The lowest BCUT2D eigenvalue weighted by Crippen LogP contribution is -2.46. The maximum Gasteiger partial charge on any atom is 0.326 e. The number of hydrogen-bond donors (Lipinski definition) is 1. The minimum absolute atomic E-state index is 0.0187. The average molecular weight is 307 g/mol. The van der Waals surface area contributed by atoms with E-state index in [1.54, 1.807) is 16.2 Å². The minimum Gasteiger partial charge on any atom is -0.480 e. The molecule has 0 spiro atoms. The SMILES string of the molecule is O=C(O)[C@@H]1C[C@@H]2CCCC[C@@H]2N1C(=O)CCc1cccs1. The van der Waals surface area contributed by atoms with E-state index in [9.17, 15) is 14.7 Å². The van der Waals surface area contributed by atoms with Crippen LogP contribution in [-0.4, -0.2) is 34.0 Å². The van der Waals surface area contributed by atoms with Crippen LogP contribution in [0.2, 0.25) is 0 Å². The molecule has 2 heterocycles. The van der Waals surface area contributed by atoms with Crippen molar-refractivity contribution in [2.24, 2.45) is 5.92 Å². The Bertz CT molecular complexity index is 514. The normalized spacial score (nSPS) is 28.4. The predicted octanol–water partition coefficient (Wildman–Crippen LogP) is 2.93. The monoisotopic (exact) mass is 307 g/mol. The van der Waals surface area contributed by atoms with Gasteiger partial charge in [0, 0.05) is 17.3 Å². The number of aliphatic carboxylic acids is 1. The van der Waals surface area contributed by atoms with E-state index in [0.29, 0.717) is 18.8 Å². The second-order valence-corrected chi connectivity index (χ2v) is 7.11. The van der Waals surface area contributed by atoms with Crippen LogP contribution in [0.5, 0.6) is 0 Å². The number of likely N-dealkylation sites (tertiary alicyclic amines) is 1. The van der Waals surface area contributed by atoms with Crippen molar-refractivity contribution in [2.75, 3.05) is 0 Å². The lowest BCUT2D eigenvalue weighted by Gasteiger charge is -2.33. The number of aryl methyl sites for hydroxylation is 1. The Kier molecular flexibility index (Phi) is 4.29. The number of hydrogen-bond acceptors (Lipinski definition) is 3. The van der Waals surface area contributed by atoms with Crippen molar-refractivity contribution in [1.82, 2.24) is 4.90 Å². The Hall–Kier alpha value is -1.36. The predicted molar refractivity (Wildman–Crippen MR) is 81.3 cm³/mol. The lowest BCUT2D eigenvalue weighted by molar-refractivity contribution is -0.149. The molecule has 0 radical (unpaired) electrons. The maximum absolute atomic E-state index is 12.6. The standard InChI is InChI=1S/C16H21NO3S/c18-15(8-7-12-5-3-9-21-12)17-13-6-2-1-4-11(13)10-14(17)16(19)20/h3,5,9,11,13-14H,1-2,4,6-8,10H2,(H,19,20)/t11-,13-,14-/m0/s1. The Balaban J connectivity index is 1.70. The molecule has 1 N–H and O–H groups in total. The number of rotatable bonds is 4. The van der Waals surface area contributed by atoms with Crippen LogP contribution >= 0.6 is 11.3 Å². The highest BCUT2D eigenvalue weighted by Crippen LogP contribution is 2.40. The van der Waals surface area contributed by atoms with Gasteiger partial charge in [-0.05, 0) is 43.0 Å². The summed E-state index contributed by atoms with van der Waals surface area (Å²) in [6.45, 7) is 0. The van der Waals surface area contributed by atoms with E-state index < -0.39 is 12.0 Å². The van der Waals surface area contributed by atoms with E-state index in [1.165, 1.54) is 11.3 Å². The number of carboxylic acid groups (broad SMARTS) is 1. The summed E-state index contributed by atoms with van der Waals surface area (Å²) < 4.78 is 0. The summed E-state index contributed by atoms with van der Waals surface area (Å²) in [7, 11) is 0. The number of nitrogens with zero attached hydrogens (tertiary/aromatic N) is 1. The van der Waals surface area contributed by atoms with Gasteiger partial charge in [0.25, 0.3) is 0 Å². The molecule has 1 aliphatic heterocycles. The van der Waals surface area contributed by atoms with Gasteiger partial charge in [0.15, 0.2) is 0 Å². The first-order chi connectivity index (χ1) is 10.2. The van der Waals surface area contributed by atoms with Crippen LogP contribution in [0.3, 0.4) is 0 Å². The van der Waals surface area contributed by atoms with Crippen molar-refractivity contribution >= 4 is 23.2 Å². The fourth-order valence-corrected chi connectivity index (χ4v) is 4.56. The molecule has 0 aromatic carbocycles. The Morgan fingerprint density at radius 1 is 1.33 bits per heavy atom. The van der Waals surface area contributed by atoms with Gasteiger partial charge >= 0.3 is 5.97 Å². The van der Waals surface area contributed by atoms with Crippen LogP contribution in [0.15, 0.2) is 17.5 Å². The maximum atomic E-state index is 12.6. The van der Waals surface area contributed by atoms with Crippen LogP contribution in [0.4, 0.5) is 0 Å². The van der Waals surface area contributed by atoms with Crippen LogP contribution in [0.25, 0.3) is 0 Å². The topological polar surface area (TPSA) is 57.6 Å². The van der Waals surface area contributed by atoms with Crippen molar-refractivity contribution in [3.8, 4) is 0 Å². The zero-order valence-electron chi connectivity index (χ0n) is 12.0. The van der Waals surface area contributed by atoms with Crippen LogP contribution in [-0.2, 0) is 16.0 Å². The number of amides is 1. The van der Waals surface area contributed by atoms with Crippen molar-refractivity contribution in [3.05, 3.63) is 22.4 Å². The first-order valence-corrected chi connectivity index (χ1v) is 8.61. The molecule has 1 aromatic rings. The molecular weight excluding hydrogens is 286 g/mol. The number of carboxylic acids is 1. The second-order valence-electron chi connectivity index (χ2n) is 6.08. The largest absolute Gasteiger partial charge is 0.480 e. The third-order valence-corrected chi connectivity index (χ3v) is 5.76. The molecule has 0 unspecified atom stereocenters. The second kappa shape index (κ2) is 6.18. The van der Waals surface area contributed by atoms with E-state index >= 15 is 0 Å². The van der Waals surface area contributed by atoms with Gasteiger partial charge in [0.1, 0.15) is 6.04 Å². The number of fused-ring (bicyclic) bond motifs is 1. The molecule has 1 amide bonds. The molecule has 2 fully saturated rings. The molecule has 3 rings (SSSR count). The van der Waals surface area contributed by atoms with Gasteiger partial charge in [-0.25, -0.2) is 4.79 Å². The summed E-state index contributed by atoms with van der Waals surface area (Å²) in [6, 6.07) is 3.57. The molecule has 1 aliphatic carbocycles. The van der Waals surface area contributed by atoms with Gasteiger partial charge in [0.2, 0.25) is 5.91 Å². The van der Waals surface area contributed by atoms with Gasteiger partial charge in [-0.1, -0.05) is 18.9 Å². The summed E-state index contributed by atoms with van der Waals surface area (Å²) in [6.07, 6.45) is 6.12. The molecule has 1 aromatic heterocycles. The van der Waals surface area contributed by atoms with E-state index in [1.807, 2.05) is 17.5 Å². The highest BCUT2D eigenvalue weighted by molar-refractivity contribution is 7.09. The molecular formula is C16H21NO3S. The number of carbonyl (C=O) groups excluding carboxylic acids is 1. The summed E-state index contributed by atoms with van der Waals surface area (Å²) >= 11 is 1.65. The van der Waals surface area contributed by atoms with Crippen LogP contribution in [0.1, 0.15) is 43.4 Å². The molecule has 3 atom stereocenters. The van der Waals surface area contributed by atoms with Crippen LogP contribution < -0.4 is 0 Å². The van der Waals surface area contributed by atoms with Crippen molar-refractivity contribution in [2.45, 2.75) is 57.0 Å². The highest BCUT2D eigenvalue weighted by atomic mass is 32.1. The van der Waals surface area contributed by atoms with E-state index in [2.05, 4.69) is 0 Å². The molecule has 1 saturated heterocycles. The highest BCUT2D eigenvalue weighted by Gasteiger charge is 2.47. The first kappa shape index (κ1) is 14.6. The third-order valence-electron chi connectivity index (χ3n) is 4.83. The smallest absolute Gasteiger partial charge is 0.326 e. The van der Waals surface area contributed by atoms with Crippen LogP contribution in [0, 0.1) is 5.92 Å². The summed E-state index contributed by atoms with van der Waals surface area (Å²) in [5, 5.41) is 11.4. The van der Waals surface area contributed by atoms with E-state index in [4.69, 9.17) is 0 Å². The van der Waals surface area contributed by atoms with Gasteiger partial charge in [-0.15, -0.1) is 11.3 Å². The van der Waals surface area contributed by atoms with Gasteiger partial charge < -0.3 is 10.0 Å². The van der Waals surface area contributed by atoms with Crippen molar-refractivity contribution < 1.29 is 14.7 Å². The van der Waals surface area contributed by atoms with Crippen molar-refractivity contribution in [1.29, 1.82) is 0 Å². The zero-order chi connectivity index (χ0) is 14.8. The summed E-state index contributed by atoms with van der Waals surface area (Å²) in [4.78, 5) is 27.0. The Labute approximate surface area is 128 Å². The zero-order valence-corrected chi connectivity index (χ0v) is 12.8. The van der Waals surface area contributed by atoms with Gasteiger partial charge in [-0.2, -0.15) is 0 Å². The summed E-state index contributed by atoms with van der Waals surface area (Å²) in [5.74, 6) is -0.426. The fraction of sp³-hybridized carbons (Fsp3) is 0.625. The van der Waals surface area contributed by atoms with Gasteiger partial charge in [-0.3, -0.25) is 4.79 Å². The van der Waals surface area contributed by atoms with E-state index in [0.717, 1.165) is 25.7 Å². The molecule has 5 heteroatoms. The number of thiophene rings is 1.